The third-order valence-corrected chi connectivity index (χ3v) is 3.83. The Morgan fingerprint density at radius 3 is 2.12 bits per heavy atom. The molecule has 0 spiro atoms. The fourth-order valence-electron chi connectivity index (χ4n) is 2.21. The van der Waals surface area contributed by atoms with E-state index in [2.05, 4.69) is 29.7 Å². The summed E-state index contributed by atoms with van der Waals surface area (Å²) in [6.07, 6.45) is 1.49. The van der Waals surface area contributed by atoms with Gasteiger partial charge < -0.3 is 10.2 Å². The van der Waals surface area contributed by atoms with E-state index in [0.29, 0.717) is 11.6 Å². The summed E-state index contributed by atoms with van der Waals surface area (Å²) in [5.74, 6) is -1.18. The Hall–Kier alpha value is -3.15. The summed E-state index contributed by atoms with van der Waals surface area (Å²) >= 11 is 0. The van der Waals surface area contributed by atoms with Crippen LogP contribution in [-0.4, -0.2) is 32.1 Å². The highest BCUT2D eigenvalue weighted by atomic mass is 16.2. The molecule has 6 heteroatoms. The predicted octanol–water partition coefficient (Wildman–Crippen LogP) is 2.96. The van der Waals surface area contributed by atoms with E-state index in [1.54, 1.807) is 12.1 Å². The first kappa shape index (κ1) is 19.2. The molecule has 0 saturated heterocycles. The van der Waals surface area contributed by atoms with Gasteiger partial charge in [-0.25, -0.2) is 5.43 Å². The summed E-state index contributed by atoms with van der Waals surface area (Å²) in [4.78, 5) is 25.7. The number of nitrogens with one attached hydrogen (secondary N) is 2. The first-order valence-electron chi connectivity index (χ1n) is 8.38. The van der Waals surface area contributed by atoms with Gasteiger partial charge in [0.15, 0.2) is 0 Å². The van der Waals surface area contributed by atoms with Gasteiger partial charge in [0.05, 0.1) is 6.21 Å². The Labute approximate surface area is 153 Å². The molecule has 0 unspecified atom stereocenters. The molecule has 0 radical (unpaired) electrons. The van der Waals surface area contributed by atoms with Crippen LogP contribution in [0.25, 0.3) is 0 Å². The molecule has 6 nitrogen and oxygen atoms in total. The number of hydrogen-bond donors (Lipinski definition) is 2. The van der Waals surface area contributed by atoms with Crippen LogP contribution < -0.4 is 15.6 Å². The van der Waals surface area contributed by atoms with Gasteiger partial charge in [0.2, 0.25) is 0 Å². The van der Waals surface area contributed by atoms with Crippen LogP contribution in [0.5, 0.6) is 0 Å². The topological polar surface area (TPSA) is 73.8 Å². The number of rotatable bonds is 5. The molecule has 136 valence electrons. The van der Waals surface area contributed by atoms with Crippen LogP contribution in [0.4, 0.5) is 11.4 Å². The van der Waals surface area contributed by atoms with Crippen molar-refractivity contribution >= 4 is 29.4 Å². The summed E-state index contributed by atoms with van der Waals surface area (Å²) in [5.41, 5.74) is 5.84. The molecular formula is C20H24N4O2. The van der Waals surface area contributed by atoms with Crippen molar-refractivity contribution in [2.75, 3.05) is 24.3 Å². The van der Waals surface area contributed by atoms with Crippen molar-refractivity contribution in [2.24, 2.45) is 5.10 Å². The van der Waals surface area contributed by atoms with Gasteiger partial charge in [-0.3, -0.25) is 9.59 Å². The molecule has 2 aromatic rings. The molecule has 0 atom stereocenters. The maximum Gasteiger partial charge on any atom is 0.329 e. The average molecular weight is 352 g/mol. The first-order valence-corrected chi connectivity index (χ1v) is 8.38. The van der Waals surface area contributed by atoms with Gasteiger partial charge in [0.25, 0.3) is 0 Å². The summed E-state index contributed by atoms with van der Waals surface area (Å²) in [6, 6.07) is 15.0. The fraction of sp³-hybridized carbons (Fsp3) is 0.250. The fourth-order valence-corrected chi connectivity index (χ4v) is 2.21. The van der Waals surface area contributed by atoms with E-state index in [9.17, 15) is 9.59 Å². The van der Waals surface area contributed by atoms with E-state index in [-0.39, 0.29) is 0 Å². The van der Waals surface area contributed by atoms with Gasteiger partial charge in [-0.15, -0.1) is 0 Å². The molecule has 2 N–H and O–H groups in total. The molecule has 0 aromatic heterocycles. The maximum atomic E-state index is 11.9. The molecule has 26 heavy (non-hydrogen) atoms. The van der Waals surface area contributed by atoms with E-state index < -0.39 is 11.8 Å². The van der Waals surface area contributed by atoms with E-state index >= 15 is 0 Å². The van der Waals surface area contributed by atoms with Crippen molar-refractivity contribution < 1.29 is 9.59 Å². The smallest absolute Gasteiger partial charge is 0.329 e. The zero-order valence-corrected chi connectivity index (χ0v) is 15.5. The largest absolute Gasteiger partial charge is 0.378 e. The molecule has 0 bridgehead atoms. The monoisotopic (exact) mass is 352 g/mol. The predicted molar refractivity (Wildman–Crippen MR) is 106 cm³/mol. The highest BCUT2D eigenvalue weighted by Crippen LogP contribution is 2.17. The Balaban J connectivity index is 1.87. The van der Waals surface area contributed by atoms with Crippen LogP contribution >= 0.6 is 0 Å². The van der Waals surface area contributed by atoms with Crippen LogP contribution in [0.1, 0.15) is 30.9 Å². The number of anilines is 2. The van der Waals surface area contributed by atoms with Crippen LogP contribution in [0, 0.1) is 0 Å². The molecule has 0 aliphatic heterocycles. The standard InChI is InChI=1S/C20H24N4O2/c1-14(2)16-7-9-17(10-8-16)22-19(25)20(26)23-21-13-15-5-11-18(12-6-15)24(3)4/h5-14H,1-4H3,(H,22,25)(H,23,26)/b21-13-. The van der Waals surface area contributed by atoms with Crippen molar-refractivity contribution in [2.45, 2.75) is 19.8 Å². The molecule has 0 aliphatic carbocycles. The number of hydrazone groups is 1. The van der Waals surface area contributed by atoms with Crippen LogP contribution in [-0.2, 0) is 9.59 Å². The first-order chi connectivity index (χ1) is 12.4. The lowest BCUT2D eigenvalue weighted by atomic mass is 10.0. The van der Waals surface area contributed by atoms with Gasteiger partial charge in [-0.05, 0) is 41.3 Å². The molecule has 0 fully saturated rings. The quantitative estimate of drug-likeness (QED) is 0.494. The van der Waals surface area contributed by atoms with E-state index in [0.717, 1.165) is 16.8 Å². The zero-order chi connectivity index (χ0) is 19.1. The summed E-state index contributed by atoms with van der Waals surface area (Å²) < 4.78 is 0. The van der Waals surface area contributed by atoms with Crippen molar-refractivity contribution in [3.05, 3.63) is 59.7 Å². The molecule has 0 heterocycles. The van der Waals surface area contributed by atoms with Crippen molar-refractivity contribution in [3.8, 4) is 0 Å². The highest BCUT2D eigenvalue weighted by molar-refractivity contribution is 6.39. The van der Waals surface area contributed by atoms with Gasteiger partial charge in [0, 0.05) is 25.5 Å². The van der Waals surface area contributed by atoms with Gasteiger partial charge in [-0.1, -0.05) is 38.1 Å². The Morgan fingerprint density at radius 1 is 0.962 bits per heavy atom. The normalized spacial score (nSPS) is 10.8. The van der Waals surface area contributed by atoms with E-state index in [1.807, 2.05) is 55.4 Å². The Kier molecular flexibility index (Phi) is 6.49. The van der Waals surface area contributed by atoms with Gasteiger partial charge in [-0.2, -0.15) is 5.10 Å². The minimum atomic E-state index is -0.820. The second-order valence-corrected chi connectivity index (χ2v) is 6.42. The second-order valence-electron chi connectivity index (χ2n) is 6.42. The number of carbonyl (C=O) groups is 2. The lowest BCUT2D eigenvalue weighted by Gasteiger charge is -2.11. The molecule has 2 aromatic carbocycles. The van der Waals surface area contributed by atoms with E-state index in [1.165, 1.54) is 6.21 Å². The van der Waals surface area contributed by atoms with Gasteiger partial charge >= 0.3 is 11.8 Å². The Bertz CT molecular complexity index is 778. The minimum Gasteiger partial charge on any atom is -0.378 e. The van der Waals surface area contributed by atoms with E-state index in [4.69, 9.17) is 0 Å². The number of nitrogens with zero attached hydrogens (tertiary/aromatic N) is 2. The Morgan fingerprint density at radius 2 is 1.58 bits per heavy atom. The number of benzene rings is 2. The van der Waals surface area contributed by atoms with Crippen molar-refractivity contribution in [3.63, 3.8) is 0 Å². The summed E-state index contributed by atoms with van der Waals surface area (Å²) in [6.45, 7) is 4.18. The van der Waals surface area contributed by atoms with Crippen molar-refractivity contribution in [1.29, 1.82) is 0 Å². The molecule has 2 amide bonds. The number of carbonyl (C=O) groups excluding carboxylic acids is 2. The third kappa shape index (κ3) is 5.44. The molecule has 0 aliphatic rings. The number of hydrogen-bond acceptors (Lipinski definition) is 4. The zero-order valence-electron chi connectivity index (χ0n) is 15.5. The van der Waals surface area contributed by atoms with Gasteiger partial charge in [0.1, 0.15) is 0 Å². The lowest BCUT2D eigenvalue weighted by Crippen LogP contribution is -2.32. The molecule has 0 saturated carbocycles. The lowest BCUT2D eigenvalue weighted by molar-refractivity contribution is -0.136. The summed E-state index contributed by atoms with van der Waals surface area (Å²) in [7, 11) is 3.91. The van der Waals surface area contributed by atoms with Crippen molar-refractivity contribution in [1.82, 2.24) is 5.43 Å². The second kappa shape index (κ2) is 8.80. The minimum absolute atomic E-state index is 0.407. The highest BCUT2D eigenvalue weighted by Gasteiger charge is 2.12. The SMILES string of the molecule is CC(C)c1ccc(NC(=O)C(=O)N/N=C\c2ccc(N(C)C)cc2)cc1. The maximum absolute atomic E-state index is 11.9. The number of amides is 2. The molecular weight excluding hydrogens is 328 g/mol. The van der Waals surface area contributed by atoms with Crippen LogP contribution in [0.3, 0.4) is 0 Å². The third-order valence-electron chi connectivity index (χ3n) is 3.83. The average Bonchev–Trinajstić information content (AvgIpc) is 2.62. The van der Waals surface area contributed by atoms with Crippen LogP contribution in [0.2, 0.25) is 0 Å². The summed E-state index contributed by atoms with van der Waals surface area (Å²) in [5, 5.41) is 6.36. The van der Waals surface area contributed by atoms with Crippen LogP contribution in [0.15, 0.2) is 53.6 Å². The molecule has 2 rings (SSSR count).